The number of nitrogens with zero attached hydrogens (tertiary/aromatic N) is 2. The number of benzene rings is 2. The molecule has 1 heterocycles. The highest BCUT2D eigenvalue weighted by atomic mass is 16.5. The van der Waals surface area contributed by atoms with Gasteiger partial charge in [-0.15, -0.1) is 0 Å². The van der Waals surface area contributed by atoms with E-state index < -0.39 is 5.66 Å². The number of carbonyl (C=O) groups excluding carboxylic acids is 2. The lowest BCUT2D eigenvalue weighted by molar-refractivity contribution is -0.134. The van der Waals surface area contributed by atoms with Crippen LogP contribution in [0.5, 0.6) is 5.75 Å². The van der Waals surface area contributed by atoms with Crippen molar-refractivity contribution in [1.29, 1.82) is 0 Å². The third-order valence-electron chi connectivity index (χ3n) is 6.53. The van der Waals surface area contributed by atoms with E-state index in [1.165, 1.54) is 0 Å². The Morgan fingerprint density at radius 3 is 2.28 bits per heavy atom. The molecule has 0 saturated heterocycles. The van der Waals surface area contributed by atoms with Crippen LogP contribution in [0.4, 0.5) is 5.69 Å². The first-order chi connectivity index (χ1) is 15.3. The van der Waals surface area contributed by atoms with Gasteiger partial charge in [-0.05, 0) is 81.8 Å². The summed E-state index contributed by atoms with van der Waals surface area (Å²) in [5, 5.41) is 3.04. The molecular weight excluding hydrogens is 402 g/mol. The number of amides is 2. The van der Waals surface area contributed by atoms with E-state index >= 15 is 0 Å². The van der Waals surface area contributed by atoms with Crippen molar-refractivity contribution in [3.05, 3.63) is 58.7 Å². The van der Waals surface area contributed by atoms with Crippen LogP contribution < -0.4 is 10.1 Å². The van der Waals surface area contributed by atoms with Crippen LogP contribution >= 0.6 is 0 Å². The first-order valence-electron chi connectivity index (χ1n) is 11.3. The fraction of sp³-hybridized carbons (Fsp3) is 0.423. The largest absolute Gasteiger partial charge is 0.497 e. The molecule has 1 aliphatic heterocycles. The maximum Gasteiger partial charge on any atom is 0.275 e. The van der Waals surface area contributed by atoms with Crippen molar-refractivity contribution in [3.8, 4) is 5.75 Å². The van der Waals surface area contributed by atoms with Crippen LogP contribution in [0.3, 0.4) is 0 Å². The molecule has 32 heavy (non-hydrogen) atoms. The minimum atomic E-state index is -0.626. The molecule has 1 spiro atoms. The molecule has 0 radical (unpaired) electrons. The van der Waals surface area contributed by atoms with Crippen LogP contribution in [0.2, 0.25) is 0 Å². The van der Waals surface area contributed by atoms with Gasteiger partial charge in [-0.1, -0.05) is 24.1 Å². The number of anilines is 1. The SMILES string of the molecule is COc1ccc(C2=NC3(CCCCC3)N(CC(=O)Nc3c(C)cc(C)cc3C)C2=O)cc1. The second-order valence-corrected chi connectivity index (χ2v) is 8.95. The summed E-state index contributed by atoms with van der Waals surface area (Å²) in [5.74, 6) is 0.362. The van der Waals surface area contributed by atoms with Gasteiger partial charge in [-0.2, -0.15) is 0 Å². The average Bonchev–Trinajstić information content (AvgIpc) is 3.02. The van der Waals surface area contributed by atoms with Crippen molar-refractivity contribution in [2.24, 2.45) is 4.99 Å². The number of carbonyl (C=O) groups is 2. The lowest BCUT2D eigenvalue weighted by Crippen LogP contribution is -2.51. The van der Waals surface area contributed by atoms with Crippen LogP contribution in [0.15, 0.2) is 41.4 Å². The van der Waals surface area contributed by atoms with Gasteiger partial charge in [-0.25, -0.2) is 0 Å². The summed E-state index contributed by atoms with van der Waals surface area (Å²) in [6, 6.07) is 11.5. The van der Waals surface area contributed by atoms with Gasteiger partial charge in [0.25, 0.3) is 5.91 Å². The monoisotopic (exact) mass is 433 g/mol. The Bertz CT molecular complexity index is 1040. The maximum absolute atomic E-state index is 13.5. The van der Waals surface area contributed by atoms with Gasteiger partial charge in [0.15, 0.2) is 0 Å². The molecule has 1 N–H and O–H groups in total. The molecule has 0 unspecified atom stereocenters. The van der Waals surface area contributed by atoms with Crippen LogP contribution in [-0.4, -0.2) is 41.7 Å². The number of rotatable bonds is 5. The Hall–Kier alpha value is -3.15. The van der Waals surface area contributed by atoms with Crippen LogP contribution in [0.25, 0.3) is 0 Å². The lowest BCUT2D eigenvalue weighted by atomic mass is 9.88. The fourth-order valence-corrected chi connectivity index (χ4v) is 4.99. The number of hydrogen-bond donors (Lipinski definition) is 1. The molecule has 0 atom stereocenters. The van der Waals surface area contributed by atoms with E-state index in [1.807, 2.05) is 45.0 Å². The van der Waals surface area contributed by atoms with Gasteiger partial charge in [0.05, 0.1) is 7.11 Å². The maximum atomic E-state index is 13.5. The van der Waals surface area contributed by atoms with Gasteiger partial charge >= 0.3 is 0 Å². The van der Waals surface area contributed by atoms with E-state index in [1.54, 1.807) is 12.0 Å². The molecule has 6 nitrogen and oxygen atoms in total. The number of aliphatic imine (C=N–C) groups is 1. The Morgan fingerprint density at radius 1 is 1.06 bits per heavy atom. The van der Waals surface area contributed by atoms with Crippen LogP contribution in [-0.2, 0) is 9.59 Å². The molecule has 4 rings (SSSR count). The second-order valence-electron chi connectivity index (χ2n) is 8.95. The third kappa shape index (κ3) is 4.14. The van der Waals surface area contributed by atoms with Gasteiger partial charge < -0.3 is 15.0 Å². The second kappa shape index (κ2) is 8.77. The van der Waals surface area contributed by atoms with Crippen molar-refractivity contribution in [3.63, 3.8) is 0 Å². The molecule has 2 aromatic rings. The minimum absolute atomic E-state index is 0.00521. The first-order valence-corrected chi connectivity index (χ1v) is 11.3. The number of hydrogen-bond acceptors (Lipinski definition) is 4. The minimum Gasteiger partial charge on any atom is -0.497 e. The summed E-state index contributed by atoms with van der Waals surface area (Å²) in [5.41, 5.74) is 4.59. The number of aryl methyl sites for hydroxylation is 3. The quantitative estimate of drug-likeness (QED) is 0.752. The van der Waals surface area contributed by atoms with Crippen LogP contribution in [0, 0.1) is 20.8 Å². The van der Waals surface area contributed by atoms with Gasteiger partial charge in [0.2, 0.25) is 5.91 Å². The topological polar surface area (TPSA) is 71.0 Å². The van der Waals surface area contributed by atoms with E-state index in [2.05, 4.69) is 17.4 Å². The van der Waals surface area contributed by atoms with Gasteiger partial charge in [-0.3, -0.25) is 14.6 Å². The summed E-state index contributed by atoms with van der Waals surface area (Å²) < 4.78 is 5.24. The van der Waals surface area contributed by atoms with Crippen LogP contribution in [0.1, 0.15) is 54.4 Å². The van der Waals surface area contributed by atoms with E-state index in [-0.39, 0.29) is 18.4 Å². The Morgan fingerprint density at radius 2 is 1.69 bits per heavy atom. The lowest BCUT2D eigenvalue weighted by Gasteiger charge is -2.38. The average molecular weight is 434 g/mol. The van der Waals surface area contributed by atoms with E-state index in [0.717, 1.165) is 65.8 Å². The Balaban J connectivity index is 1.59. The summed E-state index contributed by atoms with van der Waals surface area (Å²) in [4.78, 5) is 33.2. The molecule has 0 bridgehead atoms. The number of ether oxygens (including phenoxy) is 1. The highest BCUT2D eigenvalue weighted by Crippen LogP contribution is 2.39. The van der Waals surface area contributed by atoms with Crippen molar-refractivity contribution in [2.75, 3.05) is 19.0 Å². The fourth-order valence-electron chi connectivity index (χ4n) is 4.99. The molecule has 1 fully saturated rings. The highest BCUT2D eigenvalue weighted by Gasteiger charge is 2.48. The molecule has 0 aromatic heterocycles. The molecular formula is C26H31N3O3. The molecule has 2 aliphatic rings. The standard InChI is InChI=1S/C26H31N3O3/c1-17-14-18(2)23(19(3)15-17)27-22(30)16-29-25(31)24(20-8-10-21(32-4)11-9-20)28-26(29)12-6-5-7-13-26/h8-11,14-15H,5-7,12-13,16H2,1-4H3,(H,27,30). The van der Waals surface area contributed by atoms with Crippen molar-refractivity contribution >= 4 is 23.2 Å². The smallest absolute Gasteiger partial charge is 0.275 e. The Labute approximate surface area is 189 Å². The van der Waals surface area contributed by atoms with Gasteiger partial charge in [0, 0.05) is 11.3 Å². The highest BCUT2D eigenvalue weighted by molar-refractivity contribution is 6.47. The zero-order valence-electron chi connectivity index (χ0n) is 19.3. The van der Waals surface area contributed by atoms with Gasteiger partial charge in [0.1, 0.15) is 23.7 Å². The first kappa shape index (κ1) is 22.1. The molecule has 2 amide bonds. The van der Waals surface area contributed by atoms with Crippen molar-refractivity contribution < 1.29 is 14.3 Å². The summed E-state index contributed by atoms with van der Waals surface area (Å²) in [6.07, 6.45) is 4.70. The number of nitrogens with one attached hydrogen (secondary N) is 1. The van der Waals surface area contributed by atoms with E-state index in [4.69, 9.17) is 9.73 Å². The predicted molar refractivity (Wildman–Crippen MR) is 126 cm³/mol. The predicted octanol–water partition coefficient (Wildman–Crippen LogP) is 4.55. The molecule has 2 aromatic carbocycles. The molecule has 168 valence electrons. The zero-order chi connectivity index (χ0) is 22.9. The normalized spacial score (nSPS) is 17.4. The van der Waals surface area contributed by atoms with Crippen molar-refractivity contribution in [2.45, 2.75) is 58.5 Å². The van der Waals surface area contributed by atoms with E-state index in [9.17, 15) is 9.59 Å². The van der Waals surface area contributed by atoms with E-state index in [0.29, 0.717) is 5.71 Å². The molecule has 1 aliphatic carbocycles. The van der Waals surface area contributed by atoms with Crippen molar-refractivity contribution in [1.82, 2.24) is 4.90 Å². The summed E-state index contributed by atoms with van der Waals surface area (Å²) in [6.45, 7) is 6.02. The third-order valence-corrected chi connectivity index (χ3v) is 6.53. The number of methoxy groups -OCH3 is 1. The Kier molecular flexibility index (Phi) is 6.04. The molecule has 6 heteroatoms. The zero-order valence-corrected chi connectivity index (χ0v) is 19.3. The summed E-state index contributed by atoms with van der Waals surface area (Å²) >= 11 is 0. The summed E-state index contributed by atoms with van der Waals surface area (Å²) in [7, 11) is 1.61. The molecule has 1 saturated carbocycles.